The molecule has 1 saturated heterocycles. The Morgan fingerprint density at radius 1 is 0.400 bits per heavy atom. The van der Waals surface area contributed by atoms with Gasteiger partial charge < -0.3 is 0 Å². The van der Waals surface area contributed by atoms with Gasteiger partial charge in [-0.05, 0) is 0 Å². The summed E-state index contributed by atoms with van der Waals surface area (Å²) in [5, 5.41) is 0. The van der Waals surface area contributed by atoms with Gasteiger partial charge in [-0.15, -0.1) is 6.82 Å². The Balaban J connectivity index is 4.28. The lowest BCUT2D eigenvalue weighted by Crippen LogP contribution is -2.84. The van der Waals surface area contributed by atoms with Gasteiger partial charge in [-0.3, -0.25) is 0 Å². The molecule has 1 rings (SSSR count). The van der Waals surface area contributed by atoms with Crippen LogP contribution >= 0.6 is 0 Å². The van der Waals surface area contributed by atoms with E-state index in [-0.39, 0.29) is 0 Å². The van der Waals surface area contributed by atoms with E-state index in [1.54, 1.807) is 0 Å². The number of hydrogen-bond acceptors (Lipinski definition) is 0. The molecule has 0 N–H and O–H groups in total. The van der Waals surface area contributed by atoms with E-state index in [4.69, 9.17) is 0 Å². The van der Waals surface area contributed by atoms with Crippen molar-refractivity contribution in [1.29, 1.82) is 0 Å². The van der Waals surface area contributed by atoms with E-state index < -0.39 is 0 Å². The minimum atomic E-state index is 0.728. The molecule has 0 nitrogen and oxygen atoms in total. The summed E-state index contributed by atoms with van der Waals surface area (Å²) in [7, 11) is 48.8. The summed E-state index contributed by atoms with van der Waals surface area (Å²) in [6.45, 7) is 3.56. The molecule has 0 radical (unpaired) electrons. The van der Waals surface area contributed by atoms with Gasteiger partial charge in [-0.2, -0.15) is 0 Å². The highest BCUT2D eigenvalue weighted by molar-refractivity contribution is 8.37. The Hall–Kier alpha value is 2.53. The third-order valence-corrected chi connectivity index (χ3v) is 13.0. The summed E-state index contributed by atoms with van der Waals surface area (Å²) in [6, 6.07) is 0. The lowest BCUT2D eigenvalue weighted by molar-refractivity contribution is 2.33. The highest BCUT2D eigenvalue weighted by atomic mass is 13.5. The predicted molar refractivity (Wildman–Crippen MR) is 283 cm³/mol. The van der Waals surface area contributed by atoms with E-state index >= 15 is 0 Å². The van der Waals surface area contributed by atoms with Gasteiger partial charge in [0.25, 0.3) is 0 Å². The van der Waals surface area contributed by atoms with Crippen molar-refractivity contribution in [1.82, 2.24) is 0 Å². The van der Waals surface area contributed by atoms with Crippen LogP contribution in [0.2, 0.25) is 6.82 Å². The highest BCUT2D eigenvalue weighted by Gasteiger charge is 2.65. The molecule has 0 aromatic heterocycles. The van der Waals surface area contributed by atoms with Crippen LogP contribution in [0.1, 0.15) is 0 Å². The molecule has 0 amide bonds. The molecule has 0 aliphatic carbocycles. The molecule has 1 heterocycles. The van der Waals surface area contributed by atoms with Gasteiger partial charge in [0.05, 0.1) is 139 Å². The first-order valence-electron chi connectivity index (χ1n) is 18.4. The Bertz CT molecular complexity index is 679. The van der Waals surface area contributed by atoms with Crippen LogP contribution in [0.15, 0.2) is 0 Å². The fraction of sp³-hybridized carbons (Fsp3) is 1.00. The molecule has 0 atom stereocenters. The molecule has 0 saturated carbocycles. The zero-order chi connectivity index (χ0) is 31.4. The molecule has 1 aliphatic rings. The first-order valence-corrected chi connectivity index (χ1v) is 18.4. The molecular weight excluding hydrogens is 434 g/mol. The maximum atomic E-state index is 2.77. The van der Waals surface area contributed by atoms with Crippen LogP contribution in [-0.2, 0) is 0 Å². The molecule has 1 aliphatic heterocycles. The smallest absolute Gasteiger partial charge is 0.0594 e. The second-order valence-corrected chi connectivity index (χ2v) is 17.5. The number of rotatable bonds is 16. The van der Waals surface area contributed by atoms with Gasteiger partial charge in [-0.25, -0.2) is 0 Å². The lowest BCUT2D eigenvalue weighted by Gasteiger charge is -2.45. The molecular formula is CH41B39. The summed E-state index contributed by atoms with van der Waals surface area (Å²) in [6.07, 6.45) is 14.0. The zero-order valence-corrected chi connectivity index (χ0v) is 31.4. The summed E-state index contributed by atoms with van der Waals surface area (Å²) >= 11 is 0. The second kappa shape index (κ2) is 18.0. The SMILES string of the molecule is BBB(B)B(B(B)B)B1B(B(B(B)B)B(B)B)B(C)B(B(B(B)B)B(BB)B(B)B)B1B(B(B)B)B(B)B(B)B. The highest BCUT2D eigenvalue weighted by Crippen LogP contribution is 2.27. The minimum Gasteiger partial charge on any atom is -0.101 e. The van der Waals surface area contributed by atoms with Crippen LogP contribution in [0, 0.1) is 0 Å². The Morgan fingerprint density at radius 3 is 1.07 bits per heavy atom. The summed E-state index contributed by atoms with van der Waals surface area (Å²) in [5.41, 5.74) is 0. The van der Waals surface area contributed by atoms with Gasteiger partial charge in [0.1, 0.15) is 0 Å². The average molecular weight is 475 g/mol. The third kappa shape index (κ3) is 9.30. The van der Waals surface area contributed by atoms with Gasteiger partial charge in [-0.1, -0.05) is 0 Å². The molecule has 1 fully saturated rings. The molecule has 39 heteroatoms. The van der Waals surface area contributed by atoms with E-state index in [9.17, 15) is 0 Å². The van der Waals surface area contributed by atoms with Crippen LogP contribution in [0.5, 0.6) is 0 Å². The summed E-state index contributed by atoms with van der Waals surface area (Å²) in [4.78, 5) is 0. The summed E-state index contributed by atoms with van der Waals surface area (Å²) in [5.74, 6) is 0. The quantitative estimate of drug-likeness (QED) is 0.195. The van der Waals surface area contributed by atoms with Crippen molar-refractivity contribution >= 4 is 275 Å². The van der Waals surface area contributed by atoms with Crippen LogP contribution in [0.4, 0.5) is 0 Å². The Labute approximate surface area is 279 Å². The largest absolute Gasteiger partial charge is 0.101 e. The molecule has 162 valence electrons. The van der Waals surface area contributed by atoms with Gasteiger partial charge >= 0.3 is 0 Å². The Morgan fingerprint density at radius 2 is 0.775 bits per heavy atom. The molecule has 0 aromatic rings. The standard InChI is InChI=1S/CH41B39/c1-22-33(35(25(8)9)26(10)11)39(36(27(12)13)30(18)20-2)40(37(28(14)15)31(19)23(4)5)34(22)38(29(16)17)32(21-3)24(6)7/h20-21H,2-19H2,1H3. The van der Waals surface area contributed by atoms with Crippen molar-refractivity contribution in [3.63, 3.8) is 0 Å². The fourth-order valence-electron chi connectivity index (χ4n) is 11.4. The van der Waals surface area contributed by atoms with Crippen LogP contribution < -0.4 is 0 Å². The van der Waals surface area contributed by atoms with Gasteiger partial charge in [0.2, 0.25) is 0 Å². The monoisotopic (exact) mass is 483 g/mol. The average Bonchev–Trinajstić information content (AvgIpc) is 3.07. The molecule has 40 heavy (non-hydrogen) atoms. The topological polar surface area (TPSA) is 0 Å². The fourth-order valence-corrected chi connectivity index (χ4v) is 11.4. The molecule has 0 bridgehead atoms. The van der Waals surface area contributed by atoms with Crippen molar-refractivity contribution in [3.8, 4) is 0 Å². The maximum Gasteiger partial charge on any atom is 0.0594 e. The van der Waals surface area contributed by atoms with Crippen molar-refractivity contribution < 1.29 is 0 Å². The van der Waals surface area contributed by atoms with E-state index in [2.05, 4.69) is 146 Å². The van der Waals surface area contributed by atoms with Crippen LogP contribution in [0.25, 0.3) is 0 Å². The van der Waals surface area contributed by atoms with Crippen LogP contribution in [0.3, 0.4) is 0 Å². The third-order valence-electron chi connectivity index (χ3n) is 13.0. The van der Waals surface area contributed by atoms with Gasteiger partial charge in [0, 0.05) is 136 Å². The predicted octanol–water partition coefficient (Wildman–Crippen LogP) is -24.4. The van der Waals surface area contributed by atoms with Crippen molar-refractivity contribution in [3.05, 3.63) is 0 Å². The van der Waals surface area contributed by atoms with Crippen molar-refractivity contribution in [2.75, 3.05) is 0 Å². The molecule has 0 unspecified atom stereocenters. The second-order valence-electron chi connectivity index (χ2n) is 17.5. The zero-order valence-electron chi connectivity index (χ0n) is 31.4. The normalized spacial score (nSPS) is 12.2. The lowest BCUT2D eigenvalue weighted by atomic mass is 8.35. The van der Waals surface area contributed by atoms with Crippen molar-refractivity contribution in [2.45, 2.75) is 6.82 Å². The van der Waals surface area contributed by atoms with Crippen LogP contribution in [-0.4, -0.2) is 275 Å². The molecule has 0 spiro atoms. The minimum absolute atomic E-state index is 0.728. The van der Waals surface area contributed by atoms with Crippen molar-refractivity contribution in [2.24, 2.45) is 0 Å². The van der Waals surface area contributed by atoms with E-state index in [1.807, 2.05) is 0 Å². The first kappa shape index (κ1) is 40.6. The van der Waals surface area contributed by atoms with E-state index in [1.165, 1.54) is 14.1 Å². The summed E-state index contributed by atoms with van der Waals surface area (Å²) < 4.78 is 0. The van der Waals surface area contributed by atoms with E-state index in [0.717, 1.165) is 121 Å². The number of hydrogen-bond donors (Lipinski definition) is 0. The first-order chi connectivity index (χ1) is 18.4. The maximum absolute atomic E-state index is 2.77. The molecule has 0 aromatic carbocycles. The van der Waals surface area contributed by atoms with E-state index in [0.29, 0.717) is 0 Å². The van der Waals surface area contributed by atoms with Gasteiger partial charge in [0.15, 0.2) is 0 Å². The Kier molecular flexibility index (Phi) is 18.3.